The third-order valence-electron chi connectivity index (χ3n) is 2.70. The number of hydrogen-bond donors (Lipinski definition) is 2. The standard InChI is InChI=1S/C13H14BrClN2O2S2/c1-2-16-8-12-13(5-6-20-12)21(18,19)17-11-7-9(15)3-4-10(11)14/h3-7,16-17H,2,8H2,1H3. The highest BCUT2D eigenvalue weighted by Crippen LogP contribution is 2.30. The van der Waals surface area contributed by atoms with E-state index in [1.165, 1.54) is 11.3 Å². The smallest absolute Gasteiger partial charge is 0.263 e. The minimum absolute atomic E-state index is 0.292. The van der Waals surface area contributed by atoms with Gasteiger partial charge in [0.25, 0.3) is 10.0 Å². The van der Waals surface area contributed by atoms with Gasteiger partial charge < -0.3 is 5.32 Å². The number of halogens is 2. The number of thiophene rings is 1. The van der Waals surface area contributed by atoms with Crippen LogP contribution in [0.25, 0.3) is 0 Å². The van der Waals surface area contributed by atoms with E-state index < -0.39 is 10.0 Å². The molecule has 2 rings (SSSR count). The van der Waals surface area contributed by atoms with Crippen LogP contribution in [-0.2, 0) is 16.6 Å². The molecule has 0 saturated carbocycles. The van der Waals surface area contributed by atoms with Crippen LogP contribution >= 0.6 is 38.9 Å². The monoisotopic (exact) mass is 408 g/mol. The van der Waals surface area contributed by atoms with Gasteiger partial charge >= 0.3 is 0 Å². The Labute approximate surface area is 141 Å². The minimum Gasteiger partial charge on any atom is -0.312 e. The fourth-order valence-corrected chi connectivity index (χ4v) is 4.85. The molecule has 0 amide bonds. The molecule has 8 heteroatoms. The molecule has 0 radical (unpaired) electrons. The zero-order chi connectivity index (χ0) is 15.5. The molecule has 4 nitrogen and oxygen atoms in total. The lowest BCUT2D eigenvalue weighted by atomic mass is 10.3. The lowest BCUT2D eigenvalue weighted by Crippen LogP contribution is -2.17. The van der Waals surface area contributed by atoms with Crippen molar-refractivity contribution in [2.24, 2.45) is 0 Å². The van der Waals surface area contributed by atoms with Gasteiger partial charge in [0.05, 0.1) is 5.69 Å². The van der Waals surface area contributed by atoms with E-state index in [9.17, 15) is 8.42 Å². The van der Waals surface area contributed by atoms with E-state index in [0.717, 1.165) is 11.4 Å². The highest BCUT2D eigenvalue weighted by Gasteiger charge is 2.20. The highest BCUT2D eigenvalue weighted by atomic mass is 79.9. The van der Waals surface area contributed by atoms with Crippen LogP contribution in [-0.4, -0.2) is 15.0 Å². The average Bonchev–Trinajstić information content (AvgIpc) is 2.89. The van der Waals surface area contributed by atoms with Crippen LogP contribution in [0.1, 0.15) is 11.8 Å². The van der Waals surface area contributed by atoms with Gasteiger partial charge in [-0.15, -0.1) is 11.3 Å². The molecule has 1 aromatic heterocycles. The molecule has 21 heavy (non-hydrogen) atoms. The van der Waals surface area contributed by atoms with E-state index in [4.69, 9.17) is 11.6 Å². The molecule has 0 aliphatic carbocycles. The lowest BCUT2D eigenvalue weighted by molar-refractivity contribution is 0.599. The van der Waals surface area contributed by atoms with Crippen LogP contribution in [0, 0.1) is 0 Å². The van der Waals surface area contributed by atoms with E-state index in [1.54, 1.807) is 29.6 Å². The van der Waals surface area contributed by atoms with Gasteiger partial charge in [0.1, 0.15) is 4.90 Å². The molecule has 0 saturated heterocycles. The SMILES string of the molecule is CCNCc1sccc1S(=O)(=O)Nc1cc(Cl)ccc1Br. The van der Waals surface area contributed by atoms with Crippen LogP contribution in [0.5, 0.6) is 0 Å². The maximum absolute atomic E-state index is 12.5. The fourth-order valence-electron chi connectivity index (χ4n) is 1.71. The van der Waals surface area contributed by atoms with E-state index in [0.29, 0.717) is 26.6 Å². The van der Waals surface area contributed by atoms with Crippen LogP contribution in [0.15, 0.2) is 39.0 Å². The summed E-state index contributed by atoms with van der Waals surface area (Å²) in [7, 11) is -3.64. The first-order chi connectivity index (χ1) is 9.94. The molecule has 2 N–H and O–H groups in total. The summed E-state index contributed by atoms with van der Waals surface area (Å²) >= 11 is 10.6. The third kappa shape index (κ3) is 4.20. The number of nitrogens with one attached hydrogen (secondary N) is 2. The van der Waals surface area contributed by atoms with Gasteiger partial charge in [0.15, 0.2) is 0 Å². The summed E-state index contributed by atoms with van der Waals surface area (Å²) in [6, 6.07) is 6.57. The summed E-state index contributed by atoms with van der Waals surface area (Å²) in [6.07, 6.45) is 0. The van der Waals surface area contributed by atoms with Crippen molar-refractivity contribution < 1.29 is 8.42 Å². The minimum atomic E-state index is -3.64. The molecular formula is C13H14BrClN2O2S2. The second-order valence-electron chi connectivity index (χ2n) is 4.22. The number of sulfonamides is 1. The molecule has 1 aromatic carbocycles. The second-order valence-corrected chi connectivity index (χ2v) is 8.16. The van der Waals surface area contributed by atoms with Crippen molar-refractivity contribution in [2.75, 3.05) is 11.3 Å². The molecule has 114 valence electrons. The van der Waals surface area contributed by atoms with Crippen LogP contribution in [0.3, 0.4) is 0 Å². The Morgan fingerprint density at radius 1 is 1.33 bits per heavy atom. The summed E-state index contributed by atoms with van der Waals surface area (Å²) < 4.78 is 28.2. The Morgan fingerprint density at radius 2 is 2.10 bits per heavy atom. The molecule has 0 aliphatic rings. The van der Waals surface area contributed by atoms with Gasteiger partial charge in [-0.05, 0) is 52.1 Å². The van der Waals surface area contributed by atoms with Gasteiger partial charge in [0, 0.05) is 20.9 Å². The first-order valence-corrected chi connectivity index (χ1v) is 9.72. The summed E-state index contributed by atoms with van der Waals surface area (Å²) in [6.45, 7) is 3.29. The van der Waals surface area contributed by atoms with Gasteiger partial charge in [0.2, 0.25) is 0 Å². The Hall–Kier alpha value is -0.600. The molecule has 0 aliphatic heterocycles. The zero-order valence-electron chi connectivity index (χ0n) is 11.2. The number of benzene rings is 1. The Kier molecular flexibility index (Phi) is 5.67. The van der Waals surface area contributed by atoms with Crippen molar-refractivity contribution in [1.82, 2.24) is 5.32 Å². The zero-order valence-corrected chi connectivity index (χ0v) is 15.2. The topological polar surface area (TPSA) is 58.2 Å². The maximum atomic E-state index is 12.5. The predicted molar refractivity (Wildman–Crippen MR) is 91.7 cm³/mol. The van der Waals surface area contributed by atoms with Crippen LogP contribution < -0.4 is 10.0 Å². The summed E-state index contributed by atoms with van der Waals surface area (Å²) in [5.41, 5.74) is 0.420. The van der Waals surface area contributed by atoms with Crippen molar-refractivity contribution in [3.8, 4) is 0 Å². The molecule has 0 atom stereocenters. The van der Waals surface area contributed by atoms with Gasteiger partial charge in [-0.25, -0.2) is 8.42 Å². The first-order valence-electron chi connectivity index (χ1n) is 6.19. The molecule has 1 heterocycles. The van der Waals surface area contributed by atoms with E-state index in [1.807, 2.05) is 6.92 Å². The predicted octanol–water partition coefficient (Wildman–Crippen LogP) is 4.07. The summed E-state index contributed by atoms with van der Waals surface area (Å²) in [5.74, 6) is 0. The van der Waals surface area contributed by atoms with Crippen LogP contribution in [0.2, 0.25) is 5.02 Å². The van der Waals surface area contributed by atoms with Crippen molar-refractivity contribution in [2.45, 2.75) is 18.4 Å². The molecule has 0 unspecified atom stereocenters. The van der Waals surface area contributed by atoms with Crippen molar-refractivity contribution in [3.05, 3.63) is 44.0 Å². The van der Waals surface area contributed by atoms with Gasteiger partial charge in [-0.3, -0.25) is 4.72 Å². The molecule has 0 bridgehead atoms. The lowest BCUT2D eigenvalue weighted by Gasteiger charge is -2.11. The van der Waals surface area contributed by atoms with E-state index in [2.05, 4.69) is 26.0 Å². The van der Waals surface area contributed by atoms with E-state index >= 15 is 0 Å². The summed E-state index contributed by atoms with van der Waals surface area (Å²) in [5, 5.41) is 5.37. The van der Waals surface area contributed by atoms with Crippen molar-refractivity contribution in [1.29, 1.82) is 0 Å². The fraction of sp³-hybridized carbons (Fsp3) is 0.231. The highest BCUT2D eigenvalue weighted by molar-refractivity contribution is 9.10. The quantitative estimate of drug-likeness (QED) is 0.756. The summed E-state index contributed by atoms with van der Waals surface area (Å²) in [4.78, 5) is 1.07. The van der Waals surface area contributed by atoms with Gasteiger partial charge in [-0.1, -0.05) is 18.5 Å². The molecular weight excluding hydrogens is 396 g/mol. The molecule has 0 spiro atoms. The van der Waals surface area contributed by atoms with Crippen molar-refractivity contribution >= 4 is 54.6 Å². The first kappa shape index (κ1) is 16.8. The Morgan fingerprint density at radius 3 is 2.81 bits per heavy atom. The Balaban J connectivity index is 2.30. The van der Waals surface area contributed by atoms with E-state index in [-0.39, 0.29) is 0 Å². The molecule has 0 fully saturated rings. The number of anilines is 1. The largest absolute Gasteiger partial charge is 0.312 e. The third-order valence-corrected chi connectivity index (χ3v) is 6.13. The van der Waals surface area contributed by atoms with Gasteiger partial charge in [-0.2, -0.15) is 0 Å². The normalized spacial score (nSPS) is 11.6. The number of hydrogen-bond acceptors (Lipinski definition) is 4. The van der Waals surface area contributed by atoms with Crippen LogP contribution in [0.4, 0.5) is 5.69 Å². The van der Waals surface area contributed by atoms with Crippen molar-refractivity contribution in [3.63, 3.8) is 0 Å². The Bertz CT molecular complexity index is 732. The molecule has 2 aromatic rings. The number of rotatable bonds is 6. The average molecular weight is 410 g/mol. The maximum Gasteiger partial charge on any atom is 0.263 e. The second kappa shape index (κ2) is 7.11.